The van der Waals surface area contributed by atoms with E-state index in [0.717, 1.165) is 20.4 Å². The summed E-state index contributed by atoms with van der Waals surface area (Å²) in [5.74, 6) is 0. The van der Waals surface area contributed by atoms with Gasteiger partial charge < -0.3 is 8.85 Å². The number of aromatic nitrogens is 4. The molecule has 4 rings (SSSR count). The molecule has 2 N–H and O–H groups in total. The zero-order valence-corrected chi connectivity index (χ0v) is 29.1. The quantitative estimate of drug-likeness (QED) is 0.159. The molecule has 0 saturated carbocycles. The lowest BCUT2D eigenvalue weighted by Crippen LogP contribution is -2.40. The van der Waals surface area contributed by atoms with Crippen LogP contribution in [0.1, 0.15) is 58.4 Å². The Morgan fingerprint density at radius 3 is 1.61 bits per heavy atom. The van der Waals surface area contributed by atoms with Crippen LogP contribution in [0.3, 0.4) is 0 Å². The first-order valence-electron chi connectivity index (χ1n) is 13.3. The number of aromatic amines is 2. The molecule has 0 bridgehead atoms. The van der Waals surface area contributed by atoms with Crippen molar-refractivity contribution in [2.24, 2.45) is 0 Å². The SMILES string of the molecule is CC(C)(C)[Si](C)(C)OCc1cccc2c(I)[nH]nc12.Cc1[nH]nc2c(CO[Si](C)(C)C(C)(C)C)cccc12. The molecule has 0 radical (unpaired) electrons. The topological polar surface area (TPSA) is 75.8 Å². The van der Waals surface area contributed by atoms with E-state index in [1.165, 1.54) is 21.9 Å². The van der Waals surface area contributed by atoms with Gasteiger partial charge in [-0.25, -0.2) is 0 Å². The highest BCUT2D eigenvalue weighted by Crippen LogP contribution is 2.38. The number of benzene rings is 2. The van der Waals surface area contributed by atoms with E-state index in [4.69, 9.17) is 8.85 Å². The van der Waals surface area contributed by atoms with Crippen LogP contribution in [-0.4, -0.2) is 37.0 Å². The van der Waals surface area contributed by atoms with Crippen LogP contribution in [0.15, 0.2) is 36.4 Å². The van der Waals surface area contributed by atoms with Gasteiger partial charge in [0.15, 0.2) is 16.6 Å². The molecule has 208 valence electrons. The van der Waals surface area contributed by atoms with Crippen molar-refractivity contribution in [3.05, 3.63) is 56.9 Å². The summed E-state index contributed by atoms with van der Waals surface area (Å²) in [6.45, 7) is 26.0. The average molecular weight is 665 g/mol. The van der Waals surface area contributed by atoms with Crippen LogP contribution < -0.4 is 0 Å². The van der Waals surface area contributed by atoms with E-state index in [9.17, 15) is 0 Å². The lowest BCUT2D eigenvalue weighted by molar-refractivity contribution is 0.277. The first-order chi connectivity index (χ1) is 17.4. The number of halogens is 1. The number of nitrogens with one attached hydrogen (secondary N) is 2. The number of aryl methyl sites for hydroxylation is 1. The summed E-state index contributed by atoms with van der Waals surface area (Å²) in [4.78, 5) is 0. The van der Waals surface area contributed by atoms with E-state index in [0.29, 0.717) is 13.2 Å². The first-order valence-corrected chi connectivity index (χ1v) is 20.2. The van der Waals surface area contributed by atoms with Gasteiger partial charge in [0, 0.05) is 27.6 Å². The number of hydrogen-bond acceptors (Lipinski definition) is 4. The van der Waals surface area contributed by atoms with Crippen molar-refractivity contribution in [3.8, 4) is 0 Å². The van der Waals surface area contributed by atoms with Crippen LogP contribution >= 0.6 is 22.6 Å². The molecule has 0 saturated heterocycles. The zero-order chi connectivity index (χ0) is 28.5. The van der Waals surface area contributed by atoms with Gasteiger partial charge in [0.2, 0.25) is 0 Å². The Hall–Kier alpha value is -1.54. The molecular formula is C29H45IN4O2Si2. The van der Waals surface area contributed by atoms with Gasteiger partial charge >= 0.3 is 0 Å². The van der Waals surface area contributed by atoms with Crippen molar-refractivity contribution in [2.75, 3.05) is 0 Å². The Bertz CT molecular complexity index is 1270. The van der Waals surface area contributed by atoms with Gasteiger partial charge in [0.1, 0.15) is 3.70 Å². The van der Waals surface area contributed by atoms with Gasteiger partial charge in [-0.05, 0) is 65.8 Å². The average Bonchev–Trinajstić information content (AvgIpc) is 3.39. The summed E-state index contributed by atoms with van der Waals surface area (Å²) < 4.78 is 13.6. The highest BCUT2D eigenvalue weighted by molar-refractivity contribution is 14.1. The number of para-hydroxylation sites is 2. The number of nitrogens with zero attached hydrogens (tertiary/aromatic N) is 2. The van der Waals surface area contributed by atoms with E-state index in [-0.39, 0.29) is 10.1 Å². The maximum absolute atomic E-state index is 6.28. The maximum atomic E-state index is 6.28. The van der Waals surface area contributed by atoms with E-state index in [1.54, 1.807) is 0 Å². The van der Waals surface area contributed by atoms with Gasteiger partial charge in [-0.2, -0.15) is 10.2 Å². The molecule has 2 heterocycles. The Labute approximate surface area is 244 Å². The molecule has 38 heavy (non-hydrogen) atoms. The van der Waals surface area contributed by atoms with Crippen LogP contribution in [0.2, 0.25) is 36.3 Å². The second kappa shape index (κ2) is 11.5. The molecule has 6 nitrogen and oxygen atoms in total. The van der Waals surface area contributed by atoms with E-state index < -0.39 is 16.6 Å². The van der Waals surface area contributed by atoms with Crippen molar-refractivity contribution in [2.45, 2.75) is 97.9 Å². The highest BCUT2D eigenvalue weighted by atomic mass is 127. The van der Waals surface area contributed by atoms with Crippen LogP contribution in [0.4, 0.5) is 0 Å². The molecule has 0 atom stereocenters. The fourth-order valence-corrected chi connectivity index (χ4v) is 5.93. The largest absolute Gasteiger partial charge is 0.412 e. The summed E-state index contributed by atoms with van der Waals surface area (Å²) in [5.41, 5.74) is 5.53. The van der Waals surface area contributed by atoms with Crippen molar-refractivity contribution in [3.63, 3.8) is 0 Å². The fourth-order valence-electron chi connectivity index (χ4n) is 3.47. The summed E-state index contributed by atoms with van der Waals surface area (Å²) in [7, 11) is -3.41. The summed E-state index contributed by atoms with van der Waals surface area (Å²) in [6.07, 6.45) is 0. The summed E-state index contributed by atoms with van der Waals surface area (Å²) in [5, 5.41) is 17.7. The van der Waals surface area contributed by atoms with Gasteiger partial charge in [-0.1, -0.05) is 77.9 Å². The monoisotopic (exact) mass is 664 g/mol. The summed E-state index contributed by atoms with van der Waals surface area (Å²) >= 11 is 2.28. The van der Waals surface area contributed by atoms with Gasteiger partial charge in [-0.3, -0.25) is 10.2 Å². The fraction of sp³-hybridized carbons (Fsp3) is 0.517. The lowest BCUT2D eigenvalue weighted by atomic mass is 10.1. The molecule has 0 fully saturated rings. The molecule has 0 aliphatic carbocycles. The number of H-pyrrole nitrogens is 2. The van der Waals surface area contributed by atoms with Crippen molar-refractivity contribution < 1.29 is 8.85 Å². The van der Waals surface area contributed by atoms with Gasteiger partial charge in [0.05, 0.1) is 24.2 Å². The van der Waals surface area contributed by atoms with Crippen LogP contribution in [-0.2, 0) is 22.1 Å². The van der Waals surface area contributed by atoms with Crippen molar-refractivity contribution >= 4 is 61.0 Å². The second-order valence-electron chi connectivity index (χ2n) is 13.1. The zero-order valence-electron chi connectivity index (χ0n) is 25.0. The van der Waals surface area contributed by atoms with E-state index in [2.05, 4.69) is 147 Å². The molecular weight excluding hydrogens is 619 g/mol. The molecule has 0 spiro atoms. The smallest absolute Gasteiger partial charge is 0.192 e. The molecule has 2 aromatic heterocycles. The van der Waals surface area contributed by atoms with Crippen molar-refractivity contribution in [1.29, 1.82) is 0 Å². The molecule has 0 aliphatic heterocycles. The van der Waals surface area contributed by atoms with E-state index >= 15 is 0 Å². The molecule has 0 unspecified atom stereocenters. The molecule has 2 aromatic carbocycles. The normalized spacial score (nSPS) is 13.2. The number of hydrogen-bond donors (Lipinski definition) is 2. The maximum Gasteiger partial charge on any atom is 0.192 e. The standard InChI is InChI=1S/C15H24N2OSi.C14H21IN2OSi/c1-11-13-9-7-8-12(14(13)17-16-11)10-18-19(5,6)15(2,3)4;1-14(2,3)19(4,5)18-9-10-7-6-8-11-12(10)16-17-13(11)15/h7-9H,10H2,1-6H3,(H,16,17);6-8H,9H2,1-5H3,(H,16,17). The summed E-state index contributed by atoms with van der Waals surface area (Å²) in [6, 6.07) is 12.6. The molecule has 0 aliphatic rings. The predicted molar refractivity (Wildman–Crippen MR) is 174 cm³/mol. The lowest BCUT2D eigenvalue weighted by Gasteiger charge is -2.36. The molecule has 9 heteroatoms. The minimum atomic E-state index is -1.71. The molecule has 0 amide bonds. The third-order valence-electron chi connectivity index (χ3n) is 8.27. The van der Waals surface area contributed by atoms with Gasteiger partial charge in [-0.15, -0.1) is 0 Å². The van der Waals surface area contributed by atoms with E-state index in [1.807, 2.05) is 6.92 Å². The Morgan fingerprint density at radius 2 is 1.13 bits per heavy atom. The highest BCUT2D eigenvalue weighted by Gasteiger charge is 2.38. The first kappa shape index (κ1) is 31.0. The third-order valence-corrected chi connectivity index (χ3v) is 18.0. The number of fused-ring (bicyclic) bond motifs is 2. The molecule has 4 aromatic rings. The third kappa shape index (κ3) is 6.96. The predicted octanol–water partition coefficient (Wildman–Crippen LogP) is 9.08. The Balaban J connectivity index is 0.000000211. The Morgan fingerprint density at radius 1 is 0.711 bits per heavy atom. The minimum Gasteiger partial charge on any atom is -0.412 e. The van der Waals surface area contributed by atoms with Gasteiger partial charge in [0.25, 0.3) is 0 Å². The number of rotatable bonds is 6. The van der Waals surface area contributed by atoms with Crippen LogP contribution in [0.5, 0.6) is 0 Å². The minimum absolute atomic E-state index is 0.237. The van der Waals surface area contributed by atoms with Crippen LogP contribution in [0.25, 0.3) is 21.8 Å². The Kier molecular flexibility index (Phi) is 9.40. The van der Waals surface area contributed by atoms with Crippen molar-refractivity contribution in [1.82, 2.24) is 20.4 Å². The second-order valence-corrected chi connectivity index (χ2v) is 23.8. The van der Waals surface area contributed by atoms with Crippen LogP contribution in [0, 0.1) is 10.6 Å².